The molecule has 0 unspecified atom stereocenters. The normalized spacial score (nSPS) is 15.1. The van der Waals surface area contributed by atoms with E-state index in [0.29, 0.717) is 12.1 Å². The Morgan fingerprint density at radius 3 is 2.37 bits per heavy atom. The monoisotopic (exact) mass is 380 g/mol. The highest BCUT2D eigenvalue weighted by atomic mass is 19.4. The Balaban J connectivity index is 1.69. The summed E-state index contributed by atoms with van der Waals surface area (Å²) in [5.74, 6) is -2.06. The van der Waals surface area contributed by atoms with Crippen LogP contribution in [0.15, 0.2) is 42.5 Å². The van der Waals surface area contributed by atoms with E-state index in [0.717, 1.165) is 36.8 Å². The minimum Gasteiger partial charge on any atom is -0.348 e. The van der Waals surface area contributed by atoms with Crippen LogP contribution in [0.2, 0.25) is 0 Å². The van der Waals surface area contributed by atoms with Crippen LogP contribution in [0.25, 0.3) is 0 Å². The standard InChI is InChI=1S/C20H20F4N2O/c21-18-8-7-14(11-17(18)20(22,23)24)19(27)25-12-15-5-1-2-6-16(15)13-26-9-3-4-10-26/h1-2,5-8,11H,3-4,9-10,12-13H2,(H,25,27). The Morgan fingerprint density at radius 2 is 1.70 bits per heavy atom. The van der Waals surface area contributed by atoms with Crippen LogP contribution in [0.5, 0.6) is 0 Å². The minimum absolute atomic E-state index is 0.196. The van der Waals surface area contributed by atoms with Crippen molar-refractivity contribution in [3.8, 4) is 0 Å². The van der Waals surface area contributed by atoms with Crippen LogP contribution < -0.4 is 5.32 Å². The fraction of sp³-hybridized carbons (Fsp3) is 0.350. The van der Waals surface area contributed by atoms with Gasteiger partial charge in [0.2, 0.25) is 0 Å². The van der Waals surface area contributed by atoms with E-state index in [9.17, 15) is 22.4 Å². The molecule has 3 nitrogen and oxygen atoms in total. The quantitative estimate of drug-likeness (QED) is 0.782. The Morgan fingerprint density at radius 1 is 1.04 bits per heavy atom. The van der Waals surface area contributed by atoms with Gasteiger partial charge in [0, 0.05) is 18.7 Å². The van der Waals surface area contributed by atoms with Gasteiger partial charge >= 0.3 is 6.18 Å². The smallest absolute Gasteiger partial charge is 0.348 e. The summed E-state index contributed by atoms with van der Waals surface area (Å²) in [5, 5.41) is 2.63. The molecule has 0 bridgehead atoms. The first-order valence-electron chi connectivity index (χ1n) is 8.78. The van der Waals surface area contributed by atoms with Crippen LogP contribution in [0.3, 0.4) is 0 Å². The van der Waals surface area contributed by atoms with Crippen LogP contribution in [0, 0.1) is 5.82 Å². The molecule has 1 fully saturated rings. The maximum Gasteiger partial charge on any atom is 0.419 e. The molecule has 1 aliphatic heterocycles. The van der Waals surface area contributed by atoms with Gasteiger partial charge in [0.15, 0.2) is 0 Å². The van der Waals surface area contributed by atoms with Crippen molar-refractivity contribution < 1.29 is 22.4 Å². The molecule has 1 amide bonds. The Kier molecular flexibility index (Phi) is 5.79. The van der Waals surface area contributed by atoms with Gasteiger partial charge in [-0.15, -0.1) is 0 Å². The fourth-order valence-electron chi connectivity index (χ4n) is 3.23. The van der Waals surface area contributed by atoms with Crippen molar-refractivity contribution >= 4 is 5.91 Å². The number of carbonyl (C=O) groups is 1. The number of amides is 1. The number of carbonyl (C=O) groups excluding carboxylic acids is 1. The number of halogens is 4. The number of nitrogens with zero attached hydrogens (tertiary/aromatic N) is 1. The van der Waals surface area contributed by atoms with Crippen molar-refractivity contribution in [2.75, 3.05) is 13.1 Å². The highest BCUT2D eigenvalue weighted by Crippen LogP contribution is 2.31. The van der Waals surface area contributed by atoms with Gasteiger partial charge < -0.3 is 5.32 Å². The van der Waals surface area contributed by atoms with Gasteiger partial charge in [0.1, 0.15) is 5.82 Å². The topological polar surface area (TPSA) is 32.3 Å². The third kappa shape index (κ3) is 4.86. The summed E-state index contributed by atoms with van der Waals surface area (Å²) in [6, 6.07) is 9.91. The fourth-order valence-corrected chi connectivity index (χ4v) is 3.23. The van der Waals surface area contributed by atoms with Crippen LogP contribution >= 0.6 is 0 Å². The second-order valence-electron chi connectivity index (χ2n) is 6.63. The molecule has 0 aliphatic carbocycles. The lowest BCUT2D eigenvalue weighted by Gasteiger charge is -2.18. The Bertz CT molecular complexity index is 814. The van der Waals surface area contributed by atoms with Gasteiger partial charge in [0.25, 0.3) is 5.91 Å². The predicted molar refractivity (Wildman–Crippen MR) is 93.5 cm³/mol. The Hall–Kier alpha value is -2.41. The molecular weight excluding hydrogens is 360 g/mol. The summed E-state index contributed by atoms with van der Waals surface area (Å²) in [6.07, 6.45) is -2.50. The maximum atomic E-state index is 13.4. The number of benzene rings is 2. The zero-order chi connectivity index (χ0) is 19.4. The summed E-state index contributed by atoms with van der Waals surface area (Å²) in [4.78, 5) is 14.6. The molecule has 3 rings (SSSR count). The summed E-state index contributed by atoms with van der Waals surface area (Å²) in [7, 11) is 0. The largest absolute Gasteiger partial charge is 0.419 e. The second kappa shape index (κ2) is 8.08. The highest BCUT2D eigenvalue weighted by molar-refractivity contribution is 5.94. The number of hydrogen-bond acceptors (Lipinski definition) is 2. The number of alkyl halides is 3. The molecule has 2 aromatic carbocycles. The lowest BCUT2D eigenvalue weighted by Crippen LogP contribution is -2.25. The van der Waals surface area contributed by atoms with E-state index in [1.807, 2.05) is 24.3 Å². The summed E-state index contributed by atoms with van der Waals surface area (Å²) >= 11 is 0. The number of nitrogens with one attached hydrogen (secondary N) is 1. The second-order valence-corrected chi connectivity index (χ2v) is 6.63. The number of likely N-dealkylation sites (tertiary alicyclic amines) is 1. The molecule has 27 heavy (non-hydrogen) atoms. The van der Waals surface area contributed by atoms with E-state index in [1.165, 1.54) is 12.8 Å². The first-order valence-corrected chi connectivity index (χ1v) is 8.78. The lowest BCUT2D eigenvalue weighted by atomic mass is 10.1. The van der Waals surface area contributed by atoms with E-state index in [1.54, 1.807) is 0 Å². The van der Waals surface area contributed by atoms with Crippen LogP contribution in [-0.4, -0.2) is 23.9 Å². The average Bonchev–Trinajstić information content (AvgIpc) is 3.13. The number of hydrogen-bond donors (Lipinski definition) is 1. The van der Waals surface area contributed by atoms with Gasteiger partial charge in [-0.3, -0.25) is 9.69 Å². The van der Waals surface area contributed by atoms with Crippen LogP contribution in [0.1, 0.15) is 39.9 Å². The first kappa shape index (κ1) is 19.4. The van der Waals surface area contributed by atoms with Gasteiger partial charge in [-0.25, -0.2) is 4.39 Å². The third-order valence-electron chi connectivity index (χ3n) is 4.68. The molecule has 0 radical (unpaired) electrons. The molecular formula is C20H20F4N2O. The van der Waals surface area contributed by atoms with E-state index >= 15 is 0 Å². The van der Waals surface area contributed by atoms with E-state index < -0.39 is 23.5 Å². The highest BCUT2D eigenvalue weighted by Gasteiger charge is 2.34. The molecule has 1 saturated heterocycles. The number of rotatable bonds is 5. The SMILES string of the molecule is O=C(NCc1ccccc1CN1CCCC1)c1ccc(F)c(C(F)(F)F)c1. The van der Waals surface area contributed by atoms with Crippen LogP contribution in [-0.2, 0) is 19.3 Å². The van der Waals surface area contributed by atoms with E-state index in [4.69, 9.17) is 0 Å². The van der Waals surface area contributed by atoms with Gasteiger partial charge in [-0.2, -0.15) is 13.2 Å². The molecule has 1 N–H and O–H groups in total. The summed E-state index contributed by atoms with van der Waals surface area (Å²) in [6.45, 7) is 3.05. The average molecular weight is 380 g/mol. The van der Waals surface area contributed by atoms with Crippen molar-refractivity contribution in [3.05, 3.63) is 70.5 Å². The summed E-state index contributed by atoms with van der Waals surface area (Å²) in [5.41, 5.74) is 0.330. The van der Waals surface area contributed by atoms with Crippen molar-refractivity contribution in [1.29, 1.82) is 0 Å². The molecule has 7 heteroatoms. The van der Waals surface area contributed by atoms with Crippen molar-refractivity contribution in [1.82, 2.24) is 10.2 Å². The molecule has 0 atom stereocenters. The van der Waals surface area contributed by atoms with E-state index in [-0.39, 0.29) is 12.1 Å². The third-order valence-corrected chi connectivity index (χ3v) is 4.68. The molecule has 1 heterocycles. The van der Waals surface area contributed by atoms with Crippen molar-refractivity contribution in [3.63, 3.8) is 0 Å². The summed E-state index contributed by atoms with van der Waals surface area (Å²) < 4.78 is 51.8. The molecule has 0 aromatic heterocycles. The van der Waals surface area contributed by atoms with Gasteiger partial charge in [-0.05, 0) is 55.3 Å². The van der Waals surface area contributed by atoms with E-state index in [2.05, 4.69) is 10.2 Å². The zero-order valence-corrected chi connectivity index (χ0v) is 14.7. The Labute approximate surface area is 155 Å². The van der Waals surface area contributed by atoms with Gasteiger partial charge in [-0.1, -0.05) is 24.3 Å². The molecule has 0 saturated carbocycles. The van der Waals surface area contributed by atoms with Gasteiger partial charge in [0.05, 0.1) is 5.56 Å². The molecule has 1 aliphatic rings. The van der Waals surface area contributed by atoms with Crippen LogP contribution in [0.4, 0.5) is 17.6 Å². The van der Waals surface area contributed by atoms with Crippen molar-refractivity contribution in [2.45, 2.75) is 32.1 Å². The molecule has 144 valence electrons. The molecule has 0 spiro atoms. The lowest BCUT2D eigenvalue weighted by molar-refractivity contribution is -0.140. The van der Waals surface area contributed by atoms with Crippen molar-refractivity contribution in [2.24, 2.45) is 0 Å². The zero-order valence-electron chi connectivity index (χ0n) is 14.7. The minimum atomic E-state index is -4.84. The molecule has 2 aromatic rings. The first-order chi connectivity index (χ1) is 12.8. The maximum absolute atomic E-state index is 13.4. The predicted octanol–water partition coefficient (Wildman–Crippen LogP) is 4.37.